The molecule has 1 N–H and O–H groups in total. The molecule has 1 aromatic heterocycles. The minimum absolute atomic E-state index is 0.278. The Bertz CT molecular complexity index is 887. The Kier molecular flexibility index (Phi) is 5.43. The molecule has 0 atom stereocenters. The molecule has 7 heteroatoms. The number of hydrogen-bond donors (Lipinski definition) is 1. The summed E-state index contributed by atoms with van der Waals surface area (Å²) in [6.45, 7) is 0.550. The Balaban J connectivity index is 1.83. The second-order valence-corrected chi connectivity index (χ2v) is 5.91. The number of nitrogens with zero attached hydrogens (tertiary/aromatic N) is 2. The summed E-state index contributed by atoms with van der Waals surface area (Å²) in [7, 11) is 2.99. The fourth-order valence-electron chi connectivity index (χ4n) is 2.58. The lowest BCUT2D eigenvalue weighted by Gasteiger charge is -2.12. The van der Waals surface area contributed by atoms with E-state index >= 15 is 0 Å². The number of carbonyl (C=O) groups excluding carboxylic acids is 1. The van der Waals surface area contributed by atoms with Gasteiger partial charge in [-0.2, -0.15) is 5.10 Å². The normalized spacial score (nSPS) is 10.4. The van der Waals surface area contributed by atoms with E-state index in [1.54, 1.807) is 29.1 Å². The maximum atomic E-state index is 12.7. The highest BCUT2D eigenvalue weighted by atomic mass is 35.5. The number of ether oxygens (including phenoxy) is 2. The van der Waals surface area contributed by atoms with Crippen LogP contribution in [-0.2, 0) is 6.54 Å². The second-order valence-electron chi connectivity index (χ2n) is 5.50. The molecule has 26 heavy (non-hydrogen) atoms. The van der Waals surface area contributed by atoms with Gasteiger partial charge in [0.2, 0.25) is 0 Å². The van der Waals surface area contributed by atoms with Gasteiger partial charge in [-0.1, -0.05) is 48.0 Å². The molecule has 0 aliphatic heterocycles. The zero-order valence-electron chi connectivity index (χ0n) is 14.4. The van der Waals surface area contributed by atoms with E-state index in [0.717, 1.165) is 5.56 Å². The Morgan fingerprint density at radius 2 is 1.73 bits per heavy atom. The molecule has 0 saturated carbocycles. The predicted molar refractivity (Wildman–Crippen MR) is 100 cm³/mol. The van der Waals surface area contributed by atoms with Gasteiger partial charge in [0.15, 0.2) is 5.82 Å². The zero-order chi connectivity index (χ0) is 18.5. The number of anilines is 1. The molecule has 3 aromatic rings. The molecule has 0 aliphatic rings. The number of amides is 1. The molecule has 2 aromatic carbocycles. The van der Waals surface area contributed by atoms with Crippen LogP contribution in [0, 0.1) is 0 Å². The van der Waals surface area contributed by atoms with E-state index in [1.807, 2.05) is 30.3 Å². The van der Waals surface area contributed by atoms with Crippen LogP contribution in [0.5, 0.6) is 11.5 Å². The van der Waals surface area contributed by atoms with Gasteiger partial charge in [-0.3, -0.25) is 9.48 Å². The average Bonchev–Trinajstić information content (AvgIpc) is 3.00. The summed E-state index contributed by atoms with van der Waals surface area (Å²) in [4.78, 5) is 12.7. The minimum atomic E-state index is -0.411. The van der Waals surface area contributed by atoms with Crippen molar-refractivity contribution in [3.63, 3.8) is 0 Å². The second kappa shape index (κ2) is 7.93. The van der Waals surface area contributed by atoms with Crippen LogP contribution in [0.3, 0.4) is 0 Å². The fourth-order valence-corrected chi connectivity index (χ4v) is 2.78. The maximum Gasteiger partial charge on any atom is 0.264 e. The van der Waals surface area contributed by atoms with E-state index in [4.69, 9.17) is 21.1 Å². The van der Waals surface area contributed by atoms with E-state index in [2.05, 4.69) is 10.4 Å². The topological polar surface area (TPSA) is 65.4 Å². The van der Waals surface area contributed by atoms with Gasteiger partial charge in [-0.25, -0.2) is 0 Å². The summed E-state index contributed by atoms with van der Waals surface area (Å²) in [6.07, 6.45) is 1.67. The van der Waals surface area contributed by atoms with E-state index in [-0.39, 0.29) is 11.4 Å². The largest absolute Gasteiger partial charge is 0.496 e. The number of rotatable bonds is 6. The van der Waals surface area contributed by atoms with Crippen LogP contribution in [0.4, 0.5) is 5.82 Å². The number of methoxy groups -OCH3 is 2. The van der Waals surface area contributed by atoms with E-state index in [9.17, 15) is 4.79 Å². The number of benzene rings is 2. The highest BCUT2D eigenvalue weighted by Gasteiger charge is 2.20. The number of aromatic nitrogens is 2. The SMILES string of the molecule is COc1cccc(OC)c1C(=O)Nc1nn(Cc2ccccc2)cc1Cl. The third-order valence-corrected chi connectivity index (χ3v) is 4.07. The summed E-state index contributed by atoms with van der Waals surface area (Å²) in [5.74, 6) is 0.676. The molecular formula is C19H18ClN3O3. The Labute approximate surface area is 156 Å². The van der Waals surface area contributed by atoms with Crippen LogP contribution in [0.2, 0.25) is 5.02 Å². The van der Waals surface area contributed by atoms with Gasteiger partial charge < -0.3 is 14.8 Å². The molecule has 0 bridgehead atoms. The summed E-state index contributed by atoms with van der Waals surface area (Å²) in [6, 6.07) is 15.0. The van der Waals surface area contributed by atoms with E-state index in [0.29, 0.717) is 23.1 Å². The maximum absolute atomic E-state index is 12.7. The lowest BCUT2D eigenvalue weighted by atomic mass is 10.1. The summed E-state index contributed by atoms with van der Waals surface area (Å²) < 4.78 is 12.2. The van der Waals surface area contributed by atoms with E-state index < -0.39 is 5.91 Å². The zero-order valence-corrected chi connectivity index (χ0v) is 15.2. The van der Waals surface area contributed by atoms with Crippen LogP contribution in [0.15, 0.2) is 54.7 Å². The molecule has 0 unspecified atom stereocenters. The highest BCUT2D eigenvalue weighted by molar-refractivity contribution is 6.33. The third-order valence-electron chi connectivity index (χ3n) is 3.79. The first-order chi connectivity index (χ1) is 12.6. The van der Waals surface area contributed by atoms with Gasteiger partial charge in [-0.05, 0) is 17.7 Å². The fraction of sp³-hybridized carbons (Fsp3) is 0.158. The molecular weight excluding hydrogens is 354 g/mol. The number of hydrogen-bond acceptors (Lipinski definition) is 4. The minimum Gasteiger partial charge on any atom is -0.496 e. The Hall–Kier alpha value is -2.99. The van der Waals surface area contributed by atoms with Crippen molar-refractivity contribution in [2.75, 3.05) is 19.5 Å². The van der Waals surface area contributed by atoms with Crippen molar-refractivity contribution in [2.45, 2.75) is 6.54 Å². The van der Waals surface area contributed by atoms with Crippen molar-refractivity contribution < 1.29 is 14.3 Å². The summed E-state index contributed by atoms with van der Waals surface area (Å²) in [5, 5.41) is 7.42. The van der Waals surface area contributed by atoms with Crippen molar-refractivity contribution in [1.29, 1.82) is 0 Å². The van der Waals surface area contributed by atoms with Crippen LogP contribution in [0.1, 0.15) is 15.9 Å². The summed E-state index contributed by atoms with van der Waals surface area (Å²) >= 11 is 6.23. The van der Waals surface area contributed by atoms with Crippen LogP contribution < -0.4 is 14.8 Å². The van der Waals surface area contributed by atoms with Crippen molar-refractivity contribution in [1.82, 2.24) is 9.78 Å². The van der Waals surface area contributed by atoms with Crippen molar-refractivity contribution in [3.05, 3.63) is 70.9 Å². The molecule has 3 rings (SSSR count). The van der Waals surface area contributed by atoms with Gasteiger partial charge in [0.25, 0.3) is 5.91 Å². The Morgan fingerprint density at radius 1 is 1.08 bits per heavy atom. The molecule has 0 radical (unpaired) electrons. The lowest BCUT2D eigenvalue weighted by Crippen LogP contribution is -2.15. The quantitative estimate of drug-likeness (QED) is 0.714. The predicted octanol–water partition coefficient (Wildman–Crippen LogP) is 3.85. The third kappa shape index (κ3) is 3.81. The number of halogens is 1. The van der Waals surface area contributed by atoms with Gasteiger partial charge >= 0.3 is 0 Å². The number of carbonyl (C=O) groups is 1. The first-order valence-electron chi connectivity index (χ1n) is 7.91. The lowest BCUT2D eigenvalue weighted by molar-refractivity contribution is 0.102. The van der Waals surface area contributed by atoms with Gasteiger partial charge in [-0.15, -0.1) is 0 Å². The van der Waals surface area contributed by atoms with Crippen molar-refractivity contribution in [2.24, 2.45) is 0 Å². The molecule has 0 spiro atoms. The van der Waals surface area contributed by atoms with E-state index in [1.165, 1.54) is 14.2 Å². The highest BCUT2D eigenvalue weighted by Crippen LogP contribution is 2.30. The molecule has 1 amide bonds. The van der Waals surface area contributed by atoms with Gasteiger partial charge in [0.05, 0.1) is 20.8 Å². The molecule has 6 nitrogen and oxygen atoms in total. The average molecular weight is 372 g/mol. The van der Waals surface area contributed by atoms with Gasteiger partial charge in [0, 0.05) is 6.20 Å². The van der Waals surface area contributed by atoms with Crippen molar-refractivity contribution in [3.8, 4) is 11.5 Å². The standard InChI is InChI=1S/C19H18ClN3O3/c1-25-15-9-6-10-16(26-2)17(15)19(24)21-18-14(20)12-23(22-18)11-13-7-4-3-5-8-13/h3-10,12H,11H2,1-2H3,(H,21,22,24). The molecule has 0 saturated heterocycles. The van der Waals surface area contributed by atoms with Crippen LogP contribution in [-0.4, -0.2) is 29.9 Å². The first-order valence-corrected chi connectivity index (χ1v) is 8.29. The molecule has 0 aliphatic carbocycles. The molecule has 1 heterocycles. The Morgan fingerprint density at radius 3 is 2.35 bits per heavy atom. The van der Waals surface area contributed by atoms with Crippen LogP contribution >= 0.6 is 11.6 Å². The monoisotopic (exact) mass is 371 g/mol. The van der Waals surface area contributed by atoms with Crippen molar-refractivity contribution >= 4 is 23.3 Å². The van der Waals surface area contributed by atoms with Gasteiger partial charge in [0.1, 0.15) is 22.1 Å². The summed E-state index contributed by atoms with van der Waals surface area (Å²) in [5.41, 5.74) is 1.36. The number of nitrogens with one attached hydrogen (secondary N) is 1. The first kappa shape index (κ1) is 17.8. The molecule has 134 valence electrons. The smallest absolute Gasteiger partial charge is 0.264 e. The molecule has 0 fully saturated rings. The van der Waals surface area contributed by atoms with Crippen LogP contribution in [0.25, 0.3) is 0 Å².